The van der Waals surface area contributed by atoms with E-state index in [2.05, 4.69) is 20.9 Å². The average molecular weight is 453 g/mol. The van der Waals surface area contributed by atoms with Gasteiger partial charge in [0, 0.05) is 49.9 Å². The number of amides is 3. The molecule has 0 bridgehead atoms. The summed E-state index contributed by atoms with van der Waals surface area (Å²) >= 11 is 0. The number of piperidine rings is 1. The summed E-state index contributed by atoms with van der Waals surface area (Å²) in [5, 5.41) is 8.82. The first-order valence-corrected chi connectivity index (χ1v) is 11.9. The van der Waals surface area contributed by atoms with Crippen LogP contribution in [0.2, 0.25) is 0 Å². The molecular formula is C26H36N4O3. The van der Waals surface area contributed by atoms with Crippen molar-refractivity contribution in [1.82, 2.24) is 5.32 Å². The fourth-order valence-corrected chi connectivity index (χ4v) is 4.11. The maximum absolute atomic E-state index is 13.1. The third-order valence-electron chi connectivity index (χ3n) is 5.87. The number of para-hydroxylation sites is 1. The molecule has 1 aliphatic heterocycles. The molecule has 33 heavy (non-hydrogen) atoms. The summed E-state index contributed by atoms with van der Waals surface area (Å²) in [6.07, 6.45) is 4.21. The minimum atomic E-state index is -0.332. The molecule has 1 aliphatic rings. The highest BCUT2D eigenvalue weighted by Gasteiger charge is 2.20. The SMILES string of the molecule is CCOCCCNC(=O)c1cc(NC(=O)Nc2c(C)cccc2C)ccc1N1CCCCC1. The molecular weight excluding hydrogens is 416 g/mol. The Bertz CT molecular complexity index is 934. The van der Waals surface area contributed by atoms with Crippen LogP contribution in [0.5, 0.6) is 0 Å². The van der Waals surface area contributed by atoms with Gasteiger partial charge in [0.25, 0.3) is 5.91 Å². The van der Waals surface area contributed by atoms with Gasteiger partial charge in [-0.05, 0) is 75.8 Å². The lowest BCUT2D eigenvalue weighted by atomic mass is 10.1. The zero-order valence-corrected chi connectivity index (χ0v) is 20.0. The largest absolute Gasteiger partial charge is 0.382 e. The molecule has 0 saturated carbocycles. The van der Waals surface area contributed by atoms with E-state index >= 15 is 0 Å². The van der Waals surface area contributed by atoms with Crippen LogP contribution in [0.3, 0.4) is 0 Å². The molecule has 0 atom stereocenters. The van der Waals surface area contributed by atoms with Crippen LogP contribution >= 0.6 is 0 Å². The second kappa shape index (κ2) is 12.3. The normalized spacial score (nSPS) is 13.5. The van der Waals surface area contributed by atoms with Gasteiger partial charge in [0.1, 0.15) is 0 Å². The average Bonchev–Trinajstić information content (AvgIpc) is 2.82. The fraction of sp³-hybridized carbons (Fsp3) is 0.462. The second-order valence-electron chi connectivity index (χ2n) is 8.43. The van der Waals surface area contributed by atoms with Gasteiger partial charge in [-0.3, -0.25) is 4.79 Å². The van der Waals surface area contributed by atoms with Crippen molar-refractivity contribution < 1.29 is 14.3 Å². The third-order valence-corrected chi connectivity index (χ3v) is 5.87. The summed E-state index contributed by atoms with van der Waals surface area (Å²) in [6, 6.07) is 11.1. The van der Waals surface area contributed by atoms with Crippen molar-refractivity contribution in [3.63, 3.8) is 0 Å². The highest BCUT2D eigenvalue weighted by Crippen LogP contribution is 2.28. The Morgan fingerprint density at radius 3 is 2.42 bits per heavy atom. The predicted octanol–water partition coefficient (Wildman–Crippen LogP) is 5.09. The molecule has 0 aliphatic carbocycles. The molecule has 0 spiro atoms. The lowest BCUT2D eigenvalue weighted by Crippen LogP contribution is -2.33. The number of ether oxygens (including phenoxy) is 1. The third kappa shape index (κ3) is 6.96. The molecule has 3 N–H and O–H groups in total. The Morgan fingerprint density at radius 1 is 1.00 bits per heavy atom. The van der Waals surface area contributed by atoms with Crippen molar-refractivity contribution in [2.45, 2.75) is 46.5 Å². The summed E-state index contributed by atoms with van der Waals surface area (Å²) < 4.78 is 5.35. The number of nitrogens with zero attached hydrogens (tertiary/aromatic N) is 1. The molecule has 3 rings (SSSR count). The van der Waals surface area contributed by atoms with E-state index in [1.807, 2.05) is 51.1 Å². The number of benzene rings is 2. The van der Waals surface area contributed by atoms with Crippen LogP contribution in [0.15, 0.2) is 36.4 Å². The Morgan fingerprint density at radius 2 is 1.73 bits per heavy atom. The van der Waals surface area contributed by atoms with Gasteiger partial charge in [-0.1, -0.05) is 18.2 Å². The number of urea groups is 1. The molecule has 0 unspecified atom stereocenters. The lowest BCUT2D eigenvalue weighted by molar-refractivity contribution is 0.0944. The van der Waals surface area contributed by atoms with E-state index in [1.54, 1.807) is 6.07 Å². The molecule has 3 amide bonds. The van der Waals surface area contributed by atoms with Crippen LogP contribution in [0.4, 0.5) is 21.9 Å². The smallest absolute Gasteiger partial charge is 0.323 e. The van der Waals surface area contributed by atoms with E-state index in [0.29, 0.717) is 31.0 Å². The molecule has 2 aromatic carbocycles. The van der Waals surface area contributed by atoms with E-state index in [1.165, 1.54) is 6.42 Å². The van der Waals surface area contributed by atoms with Crippen LogP contribution in [-0.4, -0.2) is 44.8 Å². The summed E-state index contributed by atoms with van der Waals surface area (Å²) in [5.74, 6) is -0.133. The van der Waals surface area contributed by atoms with Crippen LogP contribution in [0, 0.1) is 13.8 Å². The number of anilines is 3. The number of carbonyl (C=O) groups excluding carboxylic acids is 2. The summed E-state index contributed by atoms with van der Waals surface area (Å²) in [6.45, 7) is 9.59. The zero-order chi connectivity index (χ0) is 23.6. The number of rotatable bonds is 9. The minimum absolute atomic E-state index is 0.133. The molecule has 0 aromatic heterocycles. The van der Waals surface area contributed by atoms with Gasteiger partial charge in [0.15, 0.2) is 0 Å². The molecule has 1 saturated heterocycles. The number of carbonyl (C=O) groups is 2. The van der Waals surface area contributed by atoms with E-state index in [0.717, 1.165) is 54.9 Å². The van der Waals surface area contributed by atoms with Crippen LogP contribution in [-0.2, 0) is 4.74 Å². The van der Waals surface area contributed by atoms with Gasteiger partial charge in [-0.2, -0.15) is 0 Å². The Kier molecular flexibility index (Phi) is 9.13. The van der Waals surface area contributed by atoms with Crippen molar-refractivity contribution in [3.05, 3.63) is 53.1 Å². The van der Waals surface area contributed by atoms with Gasteiger partial charge in [0.05, 0.1) is 5.56 Å². The first kappa shape index (κ1) is 24.6. The van der Waals surface area contributed by atoms with Gasteiger partial charge >= 0.3 is 6.03 Å². The Hall–Kier alpha value is -3.06. The van der Waals surface area contributed by atoms with E-state index in [4.69, 9.17) is 4.74 Å². The summed E-state index contributed by atoms with van der Waals surface area (Å²) in [7, 11) is 0. The first-order chi connectivity index (χ1) is 16.0. The number of aryl methyl sites for hydroxylation is 2. The molecule has 178 valence electrons. The van der Waals surface area contributed by atoms with Gasteiger partial charge in [-0.15, -0.1) is 0 Å². The van der Waals surface area contributed by atoms with Crippen LogP contribution in [0.1, 0.15) is 54.1 Å². The van der Waals surface area contributed by atoms with Crippen molar-refractivity contribution in [2.75, 3.05) is 48.4 Å². The molecule has 1 fully saturated rings. The standard InChI is InChI=1S/C26H36N4O3/c1-4-33-17-9-14-27-25(31)22-18-21(12-13-23(22)30-15-6-5-7-16-30)28-26(32)29-24-19(2)10-8-11-20(24)3/h8,10-13,18H,4-7,9,14-17H2,1-3H3,(H,27,31)(H2,28,29,32). The maximum Gasteiger partial charge on any atom is 0.323 e. The Labute approximate surface area is 196 Å². The second-order valence-corrected chi connectivity index (χ2v) is 8.43. The first-order valence-electron chi connectivity index (χ1n) is 11.9. The minimum Gasteiger partial charge on any atom is -0.382 e. The number of hydrogen-bond donors (Lipinski definition) is 3. The molecule has 0 radical (unpaired) electrons. The summed E-state index contributed by atoms with van der Waals surface area (Å²) in [4.78, 5) is 28.0. The van der Waals surface area contributed by atoms with Crippen molar-refractivity contribution in [1.29, 1.82) is 0 Å². The maximum atomic E-state index is 13.1. The fourth-order valence-electron chi connectivity index (χ4n) is 4.11. The monoisotopic (exact) mass is 452 g/mol. The lowest BCUT2D eigenvalue weighted by Gasteiger charge is -2.30. The number of nitrogens with one attached hydrogen (secondary N) is 3. The van der Waals surface area contributed by atoms with Crippen LogP contribution in [0.25, 0.3) is 0 Å². The van der Waals surface area contributed by atoms with Crippen molar-refractivity contribution in [3.8, 4) is 0 Å². The highest BCUT2D eigenvalue weighted by molar-refractivity contribution is 6.04. The predicted molar refractivity (Wildman–Crippen MR) is 135 cm³/mol. The van der Waals surface area contributed by atoms with E-state index in [-0.39, 0.29) is 11.9 Å². The van der Waals surface area contributed by atoms with E-state index in [9.17, 15) is 9.59 Å². The van der Waals surface area contributed by atoms with Crippen molar-refractivity contribution >= 4 is 29.0 Å². The quantitative estimate of drug-likeness (QED) is 0.463. The summed E-state index contributed by atoms with van der Waals surface area (Å²) in [5.41, 5.74) is 4.87. The van der Waals surface area contributed by atoms with Gasteiger partial charge < -0.3 is 25.6 Å². The molecule has 7 nitrogen and oxygen atoms in total. The van der Waals surface area contributed by atoms with Crippen LogP contribution < -0.4 is 20.9 Å². The van der Waals surface area contributed by atoms with Crippen molar-refractivity contribution in [2.24, 2.45) is 0 Å². The van der Waals surface area contributed by atoms with E-state index < -0.39 is 0 Å². The van der Waals surface area contributed by atoms with Gasteiger partial charge in [-0.25, -0.2) is 4.79 Å². The highest BCUT2D eigenvalue weighted by atomic mass is 16.5. The zero-order valence-electron chi connectivity index (χ0n) is 20.0. The molecule has 2 aromatic rings. The molecule has 1 heterocycles. The molecule has 7 heteroatoms. The Balaban J connectivity index is 1.74. The topological polar surface area (TPSA) is 82.7 Å². The number of hydrogen-bond acceptors (Lipinski definition) is 4. The van der Waals surface area contributed by atoms with Gasteiger partial charge in [0.2, 0.25) is 0 Å².